The molecule has 176 valence electrons. The molecule has 8 nitrogen and oxygen atoms in total. The molecule has 2 N–H and O–H groups in total. The Bertz CT molecular complexity index is 1000. The van der Waals surface area contributed by atoms with Crippen molar-refractivity contribution in [2.45, 2.75) is 57.8 Å². The van der Waals surface area contributed by atoms with Crippen LogP contribution < -0.4 is 10.0 Å². The second-order valence-corrected chi connectivity index (χ2v) is 10.5. The van der Waals surface area contributed by atoms with Crippen molar-refractivity contribution in [3.8, 4) is 0 Å². The third kappa shape index (κ3) is 6.17. The summed E-state index contributed by atoms with van der Waals surface area (Å²) < 4.78 is 32.6. The molecule has 1 aliphatic heterocycles. The highest BCUT2D eigenvalue weighted by Crippen LogP contribution is 2.29. The summed E-state index contributed by atoms with van der Waals surface area (Å²) in [5, 5.41) is 6.70. The van der Waals surface area contributed by atoms with Gasteiger partial charge in [-0.1, -0.05) is 31.1 Å². The fourth-order valence-electron chi connectivity index (χ4n) is 4.09. The first-order valence-electron chi connectivity index (χ1n) is 11.2. The zero-order chi connectivity index (χ0) is 23.3. The predicted molar refractivity (Wildman–Crippen MR) is 124 cm³/mol. The molecule has 1 aromatic heterocycles. The van der Waals surface area contributed by atoms with Crippen LogP contribution in [0.25, 0.3) is 0 Å². The van der Waals surface area contributed by atoms with E-state index in [0.717, 1.165) is 44.6 Å². The first-order valence-corrected chi connectivity index (χ1v) is 12.7. The van der Waals surface area contributed by atoms with Gasteiger partial charge in [-0.15, -0.1) is 0 Å². The van der Waals surface area contributed by atoms with E-state index in [-0.39, 0.29) is 16.7 Å². The van der Waals surface area contributed by atoms with Crippen LogP contribution in [-0.4, -0.2) is 50.6 Å². The average molecular weight is 463 g/mol. The number of sulfonamides is 1. The molecule has 2 heterocycles. The monoisotopic (exact) mass is 462 g/mol. The van der Waals surface area contributed by atoms with Crippen molar-refractivity contribution in [2.75, 3.05) is 31.5 Å². The molecule has 0 saturated carbocycles. The average Bonchev–Trinajstić information content (AvgIpc) is 3.10. The minimum atomic E-state index is -3.60. The van der Waals surface area contributed by atoms with Crippen molar-refractivity contribution in [3.05, 3.63) is 41.3 Å². The van der Waals surface area contributed by atoms with Gasteiger partial charge < -0.3 is 14.7 Å². The van der Waals surface area contributed by atoms with E-state index in [2.05, 4.69) is 32.2 Å². The molecule has 1 aliphatic rings. The van der Waals surface area contributed by atoms with E-state index in [4.69, 9.17) is 4.52 Å². The molecule has 2 aromatic rings. The molecule has 3 rings (SSSR count). The number of aromatic nitrogens is 1. The van der Waals surface area contributed by atoms with Gasteiger partial charge in [-0.25, -0.2) is 13.1 Å². The number of piperidine rings is 1. The summed E-state index contributed by atoms with van der Waals surface area (Å²) in [7, 11) is -3.60. The summed E-state index contributed by atoms with van der Waals surface area (Å²) in [6, 6.07) is 8.16. The maximum Gasteiger partial charge on any atom is 0.245 e. The minimum Gasteiger partial charge on any atom is -0.360 e. The van der Waals surface area contributed by atoms with E-state index in [9.17, 15) is 13.2 Å². The number of hydrogen-bond donors (Lipinski definition) is 2. The van der Waals surface area contributed by atoms with E-state index in [1.54, 1.807) is 13.8 Å². The lowest BCUT2D eigenvalue weighted by Crippen LogP contribution is -2.35. The lowest BCUT2D eigenvalue weighted by molar-refractivity contribution is -0.118. The minimum absolute atomic E-state index is 0.0296. The molecule has 0 unspecified atom stereocenters. The van der Waals surface area contributed by atoms with Gasteiger partial charge >= 0.3 is 0 Å². The normalized spacial score (nSPS) is 15.9. The summed E-state index contributed by atoms with van der Waals surface area (Å²) in [4.78, 5) is 14.5. The Morgan fingerprint density at radius 2 is 1.97 bits per heavy atom. The number of nitrogens with zero attached hydrogens (tertiary/aromatic N) is 2. The molecule has 1 fully saturated rings. The summed E-state index contributed by atoms with van der Waals surface area (Å²) >= 11 is 0. The molecule has 0 radical (unpaired) electrons. The van der Waals surface area contributed by atoms with Crippen LogP contribution in [-0.2, 0) is 14.8 Å². The standard InChI is InChI=1S/C23H34N4O4S/c1-16(2)23(28)25-21-8-5-7-20(15-21)19-9-13-27(14-10-19)12-6-11-24-32(29,30)22-17(3)26-31-18(22)4/h5,7-8,15-16,19,24H,6,9-14H2,1-4H3,(H,25,28). The van der Waals surface area contributed by atoms with Gasteiger partial charge in [0.1, 0.15) is 10.6 Å². The number of anilines is 1. The van der Waals surface area contributed by atoms with E-state index in [0.29, 0.717) is 23.9 Å². The Morgan fingerprint density at radius 1 is 1.25 bits per heavy atom. The highest BCUT2D eigenvalue weighted by Gasteiger charge is 2.24. The van der Waals surface area contributed by atoms with Crippen molar-refractivity contribution in [3.63, 3.8) is 0 Å². The molecule has 1 saturated heterocycles. The van der Waals surface area contributed by atoms with Crippen molar-refractivity contribution in [2.24, 2.45) is 5.92 Å². The molecule has 1 amide bonds. The molecule has 0 aliphatic carbocycles. The SMILES string of the molecule is Cc1noc(C)c1S(=O)(=O)NCCCN1CCC(c2cccc(NC(=O)C(C)C)c2)CC1. The van der Waals surface area contributed by atoms with Crippen LogP contribution in [0.2, 0.25) is 0 Å². The number of likely N-dealkylation sites (tertiary alicyclic amines) is 1. The summed E-state index contributed by atoms with van der Waals surface area (Å²) in [5.74, 6) is 0.767. The number of hydrogen-bond acceptors (Lipinski definition) is 6. The van der Waals surface area contributed by atoms with Gasteiger partial charge in [0.05, 0.1) is 0 Å². The van der Waals surface area contributed by atoms with Crippen LogP contribution in [0.5, 0.6) is 0 Å². The second kappa shape index (κ2) is 10.6. The number of benzene rings is 1. The molecule has 9 heteroatoms. The van der Waals surface area contributed by atoms with Crippen LogP contribution >= 0.6 is 0 Å². The number of carbonyl (C=O) groups excluding carboxylic acids is 1. The van der Waals surface area contributed by atoms with E-state index < -0.39 is 10.0 Å². The smallest absolute Gasteiger partial charge is 0.245 e. The molecule has 0 atom stereocenters. The van der Waals surface area contributed by atoms with Gasteiger partial charge in [-0.05, 0) is 76.4 Å². The Morgan fingerprint density at radius 3 is 2.59 bits per heavy atom. The Hall–Kier alpha value is -2.23. The van der Waals surface area contributed by atoms with Crippen LogP contribution in [0.15, 0.2) is 33.7 Å². The van der Waals surface area contributed by atoms with Gasteiger partial charge in [0.2, 0.25) is 15.9 Å². The maximum atomic E-state index is 12.5. The van der Waals surface area contributed by atoms with Crippen molar-refractivity contribution < 1.29 is 17.7 Å². The van der Waals surface area contributed by atoms with Crippen molar-refractivity contribution in [1.82, 2.24) is 14.8 Å². The largest absolute Gasteiger partial charge is 0.360 e. The van der Waals surface area contributed by atoms with Crippen LogP contribution in [0.3, 0.4) is 0 Å². The van der Waals surface area contributed by atoms with Gasteiger partial charge in [-0.3, -0.25) is 4.79 Å². The molecule has 1 aromatic carbocycles. The fraction of sp³-hybridized carbons (Fsp3) is 0.565. The lowest BCUT2D eigenvalue weighted by Gasteiger charge is -2.32. The topological polar surface area (TPSA) is 105 Å². The number of aryl methyl sites for hydroxylation is 2. The van der Waals surface area contributed by atoms with Gasteiger partial charge in [0.25, 0.3) is 0 Å². The quantitative estimate of drug-likeness (QED) is 0.553. The van der Waals surface area contributed by atoms with E-state index in [1.807, 2.05) is 26.0 Å². The highest BCUT2D eigenvalue weighted by molar-refractivity contribution is 7.89. The van der Waals surface area contributed by atoms with Crippen molar-refractivity contribution in [1.29, 1.82) is 0 Å². The van der Waals surface area contributed by atoms with E-state index >= 15 is 0 Å². The third-order valence-corrected chi connectivity index (χ3v) is 7.62. The fourth-order valence-corrected chi connectivity index (χ4v) is 5.49. The first kappa shape index (κ1) is 24.4. The molecular formula is C23H34N4O4S. The summed E-state index contributed by atoms with van der Waals surface area (Å²) in [6.07, 6.45) is 2.84. The summed E-state index contributed by atoms with van der Waals surface area (Å²) in [6.45, 7) is 10.2. The number of amides is 1. The van der Waals surface area contributed by atoms with Crippen LogP contribution in [0, 0.1) is 19.8 Å². The summed E-state index contributed by atoms with van der Waals surface area (Å²) in [5.41, 5.74) is 2.50. The Kier molecular flexibility index (Phi) is 8.08. The molecule has 0 bridgehead atoms. The first-order chi connectivity index (χ1) is 15.2. The van der Waals surface area contributed by atoms with Gasteiger partial charge in [0.15, 0.2) is 5.76 Å². The Balaban J connectivity index is 1.43. The van der Waals surface area contributed by atoms with Gasteiger partial charge in [0, 0.05) is 18.2 Å². The molecule has 32 heavy (non-hydrogen) atoms. The van der Waals surface area contributed by atoms with Gasteiger partial charge in [-0.2, -0.15) is 0 Å². The Labute approximate surface area is 190 Å². The predicted octanol–water partition coefficient (Wildman–Crippen LogP) is 3.43. The lowest BCUT2D eigenvalue weighted by atomic mass is 9.89. The second-order valence-electron chi connectivity index (χ2n) is 8.79. The van der Waals surface area contributed by atoms with E-state index in [1.165, 1.54) is 5.56 Å². The zero-order valence-corrected chi connectivity index (χ0v) is 20.2. The van der Waals surface area contributed by atoms with Crippen LogP contribution in [0.4, 0.5) is 5.69 Å². The number of nitrogens with one attached hydrogen (secondary N) is 2. The number of carbonyl (C=O) groups is 1. The van der Waals surface area contributed by atoms with Crippen molar-refractivity contribution >= 4 is 21.6 Å². The number of rotatable bonds is 9. The zero-order valence-electron chi connectivity index (χ0n) is 19.3. The highest BCUT2D eigenvalue weighted by atomic mass is 32.2. The maximum absolute atomic E-state index is 12.5. The third-order valence-electron chi connectivity index (χ3n) is 5.92. The van der Waals surface area contributed by atoms with Crippen LogP contribution in [0.1, 0.15) is 56.0 Å². The molecule has 0 spiro atoms. The molecular weight excluding hydrogens is 428 g/mol.